The highest BCUT2D eigenvalue weighted by molar-refractivity contribution is 7.56. The Morgan fingerprint density at radius 1 is 1.86 bits per heavy atom. The molecule has 0 aromatic rings. The van der Waals surface area contributed by atoms with Gasteiger partial charge in [-0.1, -0.05) is 6.92 Å². The van der Waals surface area contributed by atoms with Crippen LogP contribution in [0, 0.1) is 0 Å². The quantitative estimate of drug-likeness (QED) is 0.597. The maximum atomic E-state index is 9.61. The first-order chi connectivity index (χ1) is 2.77. The lowest BCUT2D eigenvalue weighted by Crippen LogP contribution is -1.77. The molecular weight excluding hydrogens is 134 g/mol. The van der Waals surface area contributed by atoms with Crippen molar-refractivity contribution < 1.29 is 9.90 Å². The lowest BCUT2D eigenvalue weighted by molar-refractivity contribution is 0.221. The molecule has 0 saturated carbocycles. The zero-order chi connectivity index (χ0) is 4.99. The van der Waals surface area contributed by atoms with Crippen LogP contribution in [0.5, 0.6) is 0 Å². The summed E-state index contributed by atoms with van der Waals surface area (Å²) in [5, 5.41) is 7.93. The van der Waals surface area contributed by atoms with Crippen LogP contribution in [0.3, 0.4) is 0 Å². The first-order valence-electron chi connectivity index (χ1n) is 1.74. The highest BCUT2D eigenvalue weighted by Gasteiger charge is 1.86. The molecule has 0 aliphatic heterocycles. The third-order valence-corrected chi connectivity index (χ3v) is 0.984. The SMILES string of the molecule is CCPC(=O)O.Cl. The smallest absolute Gasteiger partial charge is 0.320 e. The fourth-order valence-corrected chi connectivity index (χ4v) is 0.454. The van der Waals surface area contributed by atoms with Crippen LogP contribution in [-0.4, -0.2) is 17.0 Å². The molecule has 1 N–H and O–H groups in total. The van der Waals surface area contributed by atoms with E-state index in [2.05, 4.69) is 0 Å². The van der Waals surface area contributed by atoms with Gasteiger partial charge in [0.15, 0.2) is 0 Å². The van der Waals surface area contributed by atoms with Crippen LogP contribution in [0.25, 0.3) is 0 Å². The van der Waals surface area contributed by atoms with Gasteiger partial charge in [-0.05, 0) is 14.7 Å². The van der Waals surface area contributed by atoms with E-state index in [1.165, 1.54) is 0 Å². The van der Waals surface area contributed by atoms with Crippen molar-refractivity contribution in [2.45, 2.75) is 6.92 Å². The Kier molecular flexibility index (Phi) is 9.04. The van der Waals surface area contributed by atoms with E-state index in [1.807, 2.05) is 6.92 Å². The molecule has 0 radical (unpaired) electrons. The molecule has 1 unspecified atom stereocenters. The van der Waals surface area contributed by atoms with Crippen molar-refractivity contribution in [3.05, 3.63) is 0 Å². The molecule has 4 heteroatoms. The van der Waals surface area contributed by atoms with Crippen LogP contribution < -0.4 is 0 Å². The number of carboxylic acid groups (broad SMARTS) is 1. The second kappa shape index (κ2) is 6.19. The second-order valence-electron chi connectivity index (χ2n) is 0.835. The van der Waals surface area contributed by atoms with Crippen LogP contribution in [0.15, 0.2) is 0 Å². The minimum absolute atomic E-state index is 0. The van der Waals surface area contributed by atoms with Gasteiger partial charge in [-0.25, -0.2) is 4.79 Å². The summed E-state index contributed by atoms with van der Waals surface area (Å²) in [7, 11) is 0.0880. The first-order valence-corrected chi connectivity index (χ1v) is 2.95. The van der Waals surface area contributed by atoms with E-state index in [0.717, 1.165) is 6.16 Å². The predicted octanol–water partition coefficient (Wildman–Crippen LogP) is 1.78. The first kappa shape index (κ1) is 10.2. The molecular formula is C3H8ClO2P. The van der Waals surface area contributed by atoms with E-state index in [0.29, 0.717) is 0 Å². The minimum Gasteiger partial charge on any atom is -0.478 e. The molecule has 0 bridgehead atoms. The molecule has 0 saturated heterocycles. The van der Waals surface area contributed by atoms with Crippen molar-refractivity contribution in [1.82, 2.24) is 0 Å². The Bertz CT molecular complexity index is 56.9. The largest absolute Gasteiger partial charge is 0.478 e. The molecule has 0 fully saturated rings. The van der Waals surface area contributed by atoms with Crippen molar-refractivity contribution in [3.63, 3.8) is 0 Å². The summed E-state index contributed by atoms with van der Waals surface area (Å²) < 4.78 is 0. The molecule has 0 heterocycles. The summed E-state index contributed by atoms with van der Waals surface area (Å²) in [4.78, 5) is 9.61. The average molecular weight is 143 g/mol. The Hall–Kier alpha value is 0.190. The van der Waals surface area contributed by atoms with Gasteiger partial charge in [0.2, 0.25) is 0 Å². The Balaban J connectivity index is 0. The number of halogens is 1. The lowest BCUT2D eigenvalue weighted by atomic mass is 11.0. The molecule has 1 atom stereocenters. The van der Waals surface area contributed by atoms with Crippen LogP contribution in [0.4, 0.5) is 4.79 Å². The van der Waals surface area contributed by atoms with Gasteiger partial charge in [-0.15, -0.1) is 12.4 Å². The summed E-state index contributed by atoms with van der Waals surface area (Å²) in [5.41, 5.74) is -0.683. The molecule has 44 valence electrons. The van der Waals surface area contributed by atoms with Gasteiger partial charge in [-0.3, -0.25) is 0 Å². The number of hydrogen-bond acceptors (Lipinski definition) is 1. The van der Waals surface area contributed by atoms with Crippen molar-refractivity contribution in [2.24, 2.45) is 0 Å². The average Bonchev–Trinajstić information content (AvgIpc) is 1.35. The number of carbonyl (C=O) groups is 1. The zero-order valence-corrected chi connectivity index (χ0v) is 5.79. The van der Waals surface area contributed by atoms with Crippen LogP contribution in [0.1, 0.15) is 6.92 Å². The third-order valence-electron chi connectivity index (χ3n) is 0.328. The van der Waals surface area contributed by atoms with Gasteiger partial charge in [0.05, 0.1) is 0 Å². The number of rotatable bonds is 2. The highest BCUT2D eigenvalue weighted by Crippen LogP contribution is 2.06. The Morgan fingerprint density at radius 3 is 2.29 bits per heavy atom. The lowest BCUT2D eigenvalue weighted by Gasteiger charge is -1.80. The maximum absolute atomic E-state index is 9.61. The van der Waals surface area contributed by atoms with E-state index in [9.17, 15) is 4.79 Å². The molecule has 0 amide bonds. The molecule has 0 aliphatic carbocycles. The molecule has 0 aliphatic rings. The molecule has 7 heavy (non-hydrogen) atoms. The predicted molar refractivity (Wildman–Crippen MR) is 34.1 cm³/mol. The second-order valence-corrected chi connectivity index (χ2v) is 2.32. The molecule has 0 rings (SSSR count). The molecule has 0 aromatic heterocycles. The fraction of sp³-hybridized carbons (Fsp3) is 0.667. The summed E-state index contributed by atoms with van der Waals surface area (Å²) in [6.07, 6.45) is 0.759. The monoisotopic (exact) mass is 142 g/mol. The topological polar surface area (TPSA) is 37.3 Å². The van der Waals surface area contributed by atoms with Crippen molar-refractivity contribution in [2.75, 3.05) is 6.16 Å². The Labute approximate surface area is 50.5 Å². The van der Waals surface area contributed by atoms with Crippen LogP contribution >= 0.6 is 21.0 Å². The molecule has 2 nitrogen and oxygen atoms in total. The normalized spacial score (nSPS) is 8.71. The van der Waals surface area contributed by atoms with E-state index in [-0.39, 0.29) is 21.0 Å². The van der Waals surface area contributed by atoms with Crippen molar-refractivity contribution in [3.8, 4) is 0 Å². The van der Waals surface area contributed by atoms with Gasteiger partial charge in [0, 0.05) is 0 Å². The van der Waals surface area contributed by atoms with Gasteiger partial charge in [0.25, 0.3) is 0 Å². The van der Waals surface area contributed by atoms with Gasteiger partial charge in [-0.2, -0.15) is 0 Å². The third kappa shape index (κ3) is 10.7. The molecule has 0 spiro atoms. The van der Waals surface area contributed by atoms with Crippen LogP contribution in [-0.2, 0) is 0 Å². The van der Waals surface area contributed by atoms with Gasteiger partial charge >= 0.3 is 5.71 Å². The van der Waals surface area contributed by atoms with E-state index in [1.54, 1.807) is 0 Å². The summed E-state index contributed by atoms with van der Waals surface area (Å²) in [6, 6.07) is 0. The summed E-state index contributed by atoms with van der Waals surface area (Å²) >= 11 is 0. The minimum atomic E-state index is -0.683. The number of hydrogen-bond donors (Lipinski definition) is 1. The summed E-state index contributed by atoms with van der Waals surface area (Å²) in [5.74, 6) is 0. The Morgan fingerprint density at radius 2 is 2.29 bits per heavy atom. The van der Waals surface area contributed by atoms with Gasteiger partial charge < -0.3 is 5.11 Å². The standard InChI is InChI=1S/C3H7O2P.ClH/c1-2-6-3(4)5;/h6H,2H2,1H3,(H,4,5);1H. The van der Waals surface area contributed by atoms with Crippen molar-refractivity contribution in [1.29, 1.82) is 0 Å². The van der Waals surface area contributed by atoms with E-state index in [4.69, 9.17) is 5.11 Å². The van der Waals surface area contributed by atoms with E-state index >= 15 is 0 Å². The maximum Gasteiger partial charge on any atom is 0.320 e. The zero-order valence-electron chi connectivity index (χ0n) is 3.97. The highest BCUT2D eigenvalue weighted by atomic mass is 35.5. The van der Waals surface area contributed by atoms with Crippen LogP contribution in [0.2, 0.25) is 0 Å². The summed E-state index contributed by atoms with van der Waals surface area (Å²) in [6.45, 7) is 1.85. The van der Waals surface area contributed by atoms with Gasteiger partial charge in [0.1, 0.15) is 0 Å². The van der Waals surface area contributed by atoms with E-state index < -0.39 is 5.71 Å². The fourth-order valence-electron chi connectivity index (χ4n) is 0.151. The van der Waals surface area contributed by atoms with Crippen molar-refractivity contribution >= 4 is 26.7 Å². The molecule has 0 aromatic carbocycles.